The third kappa shape index (κ3) is 4.36. The van der Waals surface area contributed by atoms with Crippen LogP contribution >= 0.6 is 0 Å². The smallest absolute Gasteiger partial charge is 0.0788 e. The highest BCUT2D eigenvalue weighted by Gasteiger charge is 2.14. The summed E-state index contributed by atoms with van der Waals surface area (Å²) in [5, 5.41) is 11.3. The first-order valence-corrected chi connectivity index (χ1v) is 15.6. The normalized spacial score (nSPS) is 13.4. The van der Waals surface area contributed by atoms with Crippen molar-refractivity contribution in [3.8, 4) is 11.3 Å². The van der Waals surface area contributed by atoms with Crippen LogP contribution in [0.3, 0.4) is 0 Å². The third-order valence-corrected chi connectivity index (χ3v) is 9.30. The summed E-state index contributed by atoms with van der Waals surface area (Å²) in [6, 6.07) is 50.5. The molecule has 0 fully saturated rings. The highest BCUT2D eigenvalue weighted by atomic mass is 14.7. The van der Waals surface area contributed by atoms with Crippen molar-refractivity contribution in [3.63, 3.8) is 0 Å². The maximum absolute atomic E-state index is 5.18. The zero-order valence-corrected chi connectivity index (χ0v) is 24.7. The van der Waals surface area contributed by atoms with Crippen LogP contribution in [-0.2, 0) is 0 Å². The molecule has 210 valence electrons. The first-order chi connectivity index (χ1) is 22.3. The van der Waals surface area contributed by atoms with Crippen LogP contribution in [0.1, 0.15) is 17.5 Å². The van der Waals surface area contributed by atoms with E-state index in [0.29, 0.717) is 0 Å². The maximum atomic E-state index is 5.18. The van der Waals surface area contributed by atoms with Gasteiger partial charge in [-0.1, -0.05) is 152 Å². The molecule has 1 nitrogen and oxygen atoms in total. The highest BCUT2D eigenvalue weighted by Crippen LogP contribution is 2.38. The van der Waals surface area contributed by atoms with Crippen LogP contribution in [0, 0.1) is 0 Å². The van der Waals surface area contributed by atoms with E-state index in [-0.39, 0.29) is 0 Å². The Labute approximate surface area is 262 Å². The average molecular weight is 572 g/mol. The second-order valence-electron chi connectivity index (χ2n) is 11.9. The topological polar surface area (TPSA) is 12.9 Å². The fourth-order valence-corrected chi connectivity index (χ4v) is 7.01. The van der Waals surface area contributed by atoms with Gasteiger partial charge in [0, 0.05) is 21.7 Å². The molecule has 0 saturated heterocycles. The number of hydrogen-bond acceptors (Lipinski definition) is 1. The van der Waals surface area contributed by atoms with Crippen LogP contribution in [0.25, 0.3) is 76.4 Å². The molecule has 0 saturated carbocycles. The quantitative estimate of drug-likeness (QED) is 0.192. The zero-order valence-electron chi connectivity index (χ0n) is 24.7. The predicted octanol–water partition coefficient (Wildman–Crippen LogP) is 11.9. The van der Waals surface area contributed by atoms with Crippen LogP contribution < -0.4 is 0 Å². The molecule has 1 heteroatoms. The summed E-state index contributed by atoms with van der Waals surface area (Å²) in [6.07, 6.45) is 9.98. The summed E-state index contributed by atoms with van der Waals surface area (Å²) < 4.78 is 0. The lowest BCUT2D eigenvalue weighted by atomic mass is 9.94. The molecule has 0 unspecified atom stereocenters. The monoisotopic (exact) mass is 571 g/mol. The van der Waals surface area contributed by atoms with E-state index in [1.54, 1.807) is 0 Å². The van der Waals surface area contributed by atoms with Crippen molar-refractivity contribution in [1.82, 2.24) is 4.98 Å². The van der Waals surface area contributed by atoms with Gasteiger partial charge in [0.2, 0.25) is 0 Å². The fourth-order valence-electron chi connectivity index (χ4n) is 7.01. The molecule has 45 heavy (non-hydrogen) atoms. The number of hydrogen-bond donors (Lipinski definition) is 0. The molecule has 0 bridgehead atoms. The zero-order chi connectivity index (χ0) is 29.7. The van der Waals surface area contributed by atoms with Gasteiger partial charge in [-0.05, 0) is 73.1 Å². The van der Waals surface area contributed by atoms with Crippen LogP contribution in [0.5, 0.6) is 0 Å². The molecule has 1 aliphatic carbocycles. The molecule has 0 aliphatic heterocycles. The molecule has 1 heterocycles. The van der Waals surface area contributed by atoms with Gasteiger partial charge in [0.15, 0.2) is 0 Å². The highest BCUT2D eigenvalue weighted by molar-refractivity contribution is 6.22. The molecule has 7 aromatic carbocycles. The number of allylic oxidation sites excluding steroid dienone is 6. The molecule has 9 rings (SSSR count). The van der Waals surface area contributed by atoms with Gasteiger partial charge in [-0.25, -0.2) is 4.98 Å². The summed E-state index contributed by atoms with van der Waals surface area (Å²) in [5.41, 5.74) is 8.20. The molecular weight excluding hydrogens is 542 g/mol. The Morgan fingerprint density at radius 1 is 0.444 bits per heavy atom. The molecule has 8 aromatic rings. The van der Waals surface area contributed by atoms with Crippen molar-refractivity contribution in [2.45, 2.75) is 6.42 Å². The average Bonchev–Trinajstić information content (AvgIpc) is 3.37. The van der Waals surface area contributed by atoms with Crippen LogP contribution in [-0.4, -0.2) is 4.98 Å². The van der Waals surface area contributed by atoms with Crippen molar-refractivity contribution in [1.29, 1.82) is 0 Å². The number of benzene rings is 7. The van der Waals surface area contributed by atoms with Gasteiger partial charge >= 0.3 is 0 Å². The number of aromatic nitrogens is 1. The summed E-state index contributed by atoms with van der Waals surface area (Å²) in [4.78, 5) is 5.18. The Kier molecular flexibility index (Phi) is 5.96. The molecule has 0 spiro atoms. The number of para-hydroxylation sites is 1. The Morgan fingerprint density at radius 2 is 1.07 bits per heavy atom. The first kappa shape index (κ1) is 25.7. The SMILES string of the molecule is C1=CC(c2ccc3c(ccc4ccccc43)c2)=CC=C(c2ccc(-c3nc4ccccc4c4c3ccc3ccccc34)cc2)C1. The van der Waals surface area contributed by atoms with E-state index in [1.165, 1.54) is 70.7 Å². The summed E-state index contributed by atoms with van der Waals surface area (Å²) in [5.74, 6) is 0. The van der Waals surface area contributed by atoms with Crippen molar-refractivity contribution in [2.75, 3.05) is 0 Å². The third-order valence-electron chi connectivity index (χ3n) is 9.30. The predicted molar refractivity (Wildman–Crippen MR) is 193 cm³/mol. The lowest BCUT2D eigenvalue weighted by Gasteiger charge is -2.13. The Morgan fingerprint density at radius 3 is 1.93 bits per heavy atom. The maximum Gasteiger partial charge on any atom is 0.0788 e. The van der Waals surface area contributed by atoms with Gasteiger partial charge in [0.05, 0.1) is 11.2 Å². The van der Waals surface area contributed by atoms with Crippen molar-refractivity contribution in [2.24, 2.45) is 0 Å². The molecule has 0 amide bonds. The minimum absolute atomic E-state index is 0.890. The molecule has 0 N–H and O–H groups in total. The lowest BCUT2D eigenvalue weighted by molar-refractivity contribution is 1.39. The van der Waals surface area contributed by atoms with Gasteiger partial charge in [-0.2, -0.15) is 0 Å². The standard InChI is InChI=1S/C44H29N/c1-3-12-37-32(8-1)20-23-36-28-35(25-26-38(36)37)30-11-7-10-29(16-17-30)31-18-21-34(22-19-31)44-41-27-24-33-9-2-4-13-39(33)43(41)40-14-5-6-15-42(40)45-44/h1-9,11-28H,10H2. The van der Waals surface area contributed by atoms with Gasteiger partial charge < -0.3 is 0 Å². The van der Waals surface area contributed by atoms with Gasteiger partial charge in [0.1, 0.15) is 0 Å². The number of pyridine rings is 1. The molecule has 0 atom stereocenters. The molecular formula is C44H29N. The number of fused-ring (bicyclic) bond motifs is 8. The van der Waals surface area contributed by atoms with E-state index >= 15 is 0 Å². The fraction of sp³-hybridized carbons (Fsp3) is 0.0227. The van der Waals surface area contributed by atoms with Gasteiger partial charge in [-0.15, -0.1) is 0 Å². The minimum Gasteiger partial charge on any atom is -0.247 e. The van der Waals surface area contributed by atoms with Crippen LogP contribution in [0.15, 0.2) is 164 Å². The van der Waals surface area contributed by atoms with Crippen molar-refractivity contribution in [3.05, 3.63) is 175 Å². The van der Waals surface area contributed by atoms with E-state index in [2.05, 4.69) is 164 Å². The second-order valence-corrected chi connectivity index (χ2v) is 11.9. The summed E-state index contributed by atoms with van der Waals surface area (Å²) in [6.45, 7) is 0. The van der Waals surface area contributed by atoms with Crippen LogP contribution in [0.4, 0.5) is 0 Å². The minimum atomic E-state index is 0.890. The van der Waals surface area contributed by atoms with E-state index < -0.39 is 0 Å². The second kappa shape index (κ2) is 10.4. The molecule has 0 radical (unpaired) electrons. The van der Waals surface area contributed by atoms with Crippen molar-refractivity contribution < 1.29 is 0 Å². The van der Waals surface area contributed by atoms with E-state index in [4.69, 9.17) is 4.98 Å². The van der Waals surface area contributed by atoms with E-state index in [0.717, 1.165) is 23.2 Å². The largest absolute Gasteiger partial charge is 0.247 e. The first-order valence-electron chi connectivity index (χ1n) is 15.6. The number of rotatable bonds is 3. The van der Waals surface area contributed by atoms with Gasteiger partial charge in [-0.3, -0.25) is 0 Å². The Bertz CT molecular complexity index is 2530. The molecule has 1 aromatic heterocycles. The summed E-state index contributed by atoms with van der Waals surface area (Å²) >= 11 is 0. The van der Waals surface area contributed by atoms with E-state index in [1.807, 2.05) is 0 Å². The van der Waals surface area contributed by atoms with Crippen LogP contribution in [0.2, 0.25) is 0 Å². The lowest BCUT2D eigenvalue weighted by Crippen LogP contribution is -1.91. The van der Waals surface area contributed by atoms with Gasteiger partial charge in [0.25, 0.3) is 0 Å². The number of nitrogens with zero attached hydrogens (tertiary/aromatic N) is 1. The van der Waals surface area contributed by atoms with E-state index in [9.17, 15) is 0 Å². The van der Waals surface area contributed by atoms with Crippen molar-refractivity contribution >= 4 is 65.1 Å². The molecule has 1 aliphatic rings. The Balaban J connectivity index is 1.08. The summed E-state index contributed by atoms with van der Waals surface area (Å²) in [7, 11) is 0. The Hall–Kier alpha value is -5.79.